The van der Waals surface area contributed by atoms with Crippen LogP contribution in [0.25, 0.3) is 10.2 Å². The number of rotatable bonds is 1. The predicted molar refractivity (Wildman–Crippen MR) is 52.2 cm³/mol. The van der Waals surface area contributed by atoms with Gasteiger partial charge in [-0.15, -0.1) is 11.3 Å². The first kappa shape index (κ1) is 7.71. The van der Waals surface area contributed by atoms with E-state index in [9.17, 15) is 0 Å². The zero-order valence-corrected chi connectivity index (χ0v) is 7.64. The number of hydrogen-bond donors (Lipinski definition) is 1. The minimum atomic E-state index is 0.0711. The summed E-state index contributed by atoms with van der Waals surface area (Å²) in [7, 11) is 0. The molecular formula is C9H10N2S. The van der Waals surface area contributed by atoms with Crippen molar-refractivity contribution in [2.45, 2.75) is 13.0 Å². The highest BCUT2D eigenvalue weighted by Crippen LogP contribution is 2.20. The van der Waals surface area contributed by atoms with Crippen LogP contribution in [0.4, 0.5) is 0 Å². The Morgan fingerprint density at radius 3 is 3.17 bits per heavy atom. The number of nitrogens with two attached hydrogens (primary N) is 1. The molecule has 0 bridgehead atoms. The SMILES string of the molecule is CC(N)c1cnc2sccc2c1. The van der Waals surface area contributed by atoms with Crippen LogP contribution >= 0.6 is 11.3 Å². The second-order valence-corrected chi connectivity index (χ2v) is 3.77. The van der Waals surface area contributed by atoms with Crippen molar-refractivity contribution in [2.75, 3.05) is 0 Å². The van der Waals surface area contributed by atoms with Gasteiger partial charge in [-0.1, -0.05) is 0 Å². The van der Waals surface area contributed by atoms with E-state index in [1.54, 1.807) is 11.3 Å². The maximum Gasteiger partial charge on any atom is 0.123 e. The molecule has 1 unspecified atom stereocenters. The zero-order valence-electron chi connectivity index (χ0n) is 6.82. The molecule has 0 spiro atoms. The van der Waals surface area contributed by atoms with Gasteiger partial charge in [0.05, 0.1) is 0 Å². The van der Waals surface area contributed by atoms with Crippen LogP contribution in [0.15, 0.2) is 23.7 Å². The average Bonchev–Trinajstić information content (AvgIpc) is 2.49. The Balaban J connectivity index is 2.60. The lowest BCUT2D eigenvalue weighted by molar-refractivity contribution is 0.815. The van der Waals surface area contributed by atoms with Gasteiger partial charge in [0.2, 0.25) is 0 Å². The van der Waals surface area contributed by atoms with E-state index in [2.05, 4.69) is 17.1 Å². The molecule has 0 fully saturated rings. The quantitative estimate of drug-likeness (QED) is 0.727. The van der Waals surface area contributed by atoms with Gasteiger partial charge in [-0.2, -0.15) is 0 Å². The van der Waals surface area contributed by atoms with Crippen molar-refractivity contribution in [1.82, 2.24) is 4.98 Å². The van der Waals surface area contributed by atoms with Crippen molar-refractivity contribution in [3.63, 3.8) is 0 Å². The Kier molecular flexibility index (Phi) is 1.83. The molecule has 2 aromatic rings. The number of fused-ring (bicyclic) bond motifs is 1. The standard InChI is InChI=1S/C9H10N2S/c1-6(10)8-4-7-2-3-12-9(7)11-5-8/h2-6H,10H2,1H3. The molecule has 0 saturated carbocycles. The lowest BCUT2D eigenvalue weighted by atomic mass is 10.1. The van der Waals surface area contributed by atoms with E-state index in [4.69, 9.17) is 5.73 Å². The molecule has 2 N–H and O–H groups in total. The number of nitrogens with zero attached hydrogens (tertiary/aromatic N) is 1. The van der Waals surface area contributed by atoms with Crippen molar-refractivity contribution < 1.29 is 0 Å². The Morgan fingerprint density at radius 2 is 2.42 bits per heavy atom. The second kappa shape index (κ2) is 2.84. The van der Waals surface area contributed by atoms with Gasteiger partial charge in [0.1, 0.15) is 4.83 Å². The van der Waals surface area contributed by atoms with Gasteiger partial charge >= 0.3 is 0 Å². The van der Waals surface area contributed by atoms with E-state index >= 15 is 0 Å². The molecule has 0 radical (unpaired) electrons. The van der Waals surface area contributed by atoms with Crippen molar-refractivity contribution in [3.05, 3.63) is 29.3 Å². The summed E-state index contributed by atoms with van der Waals surface area (Å²) in [6.45, 7) is 1.97. The molecule has 0 saturated heterocycles. The molecule has 0 aliphatic carbocycles. The van der Waals surface area contributed by atoms with Crippen LogP contribution in [-0.4, -0.2) is 4.98 Å². The summed E-state index contributed by atoms with van der Waals surface area (Å²) < 4.78 is 0. The summed E-state index contributed by atoms with van der Waals surface area (Å²) in [6.07, 6.45) is 1.85. The molecule has 1 atom stereocenters. The van der Waals surface area contributed by atoms with Crippen LogP contribution in [0.2, 0.25) is 0 Å². The highest BCUT2D eigenvalue weighted by atomic mass is 32.1. The van der Waals surface area contributed by atoms with Gasteiger partial charge in [-0.25, -0.2) is 4.98 Å². The van der Waals surface area contributed by atoms with Gasteiger partial charge in [0.25, 0.3) is 0 Å². The minimum Gasteiger partial charge on any atom is -0.324 e. The van der Waals surface area contributed by atoms with E-state index in [-0.39, 0.29) is 6.04 Å². The van der Waals surface area contributed by atoms with E-state index in [1.807, 2.05) is 18.5 Å². The molecule has 0 aliphatic heterocycles. The third-order valence-corrected chi connectivity index (χ3v) is 2.69. The third-order valence-electron chi connectivity index (χ3n) is 1.85. The first-order valence-corrected chi connectivity index (χ1v) is 4.74. The molecule has 2 heterocycles. The van der Waals surface area contributed by atoms with E-state index in [0.717, 1.165) is 10.4 Å². The van der Waals surface area contributed by atoms with Gasteiger partial charge < -0.3 is 5.73 Å². The molecule has 62 valence electrons. The maximum atomic E-state index is 5.74. The minimum absolute atomic E-state index is 0.0711. The predicted octanol–water partition coefficient (Wildman–Crippen LogP) is 2.32. The van der Waals surface area contributed by atoms with Crippen LogP contribution < -0.4 is 5.73 Å². The fourth-order valence-electron chi connectivity index (χ4n) is 1.12. The van der Waals surface area contributed by atoms with Crippen LogP contribution in [0.1, 0.15) is 18.5 Å². The van der Waals surface area contributed by atoms with Gasteiger partial charge in [-0.3, -0.25) is 0 Å². The smallest absolute Gasteiger partial charge is 0.123 e. The van der Waals surface area contributed by atoms with Crippen LogP contribution in [0.3, 0.4) is 0 Å². The third kappa shape index (κ3) is 1.21. The number of hydrogen-bond acceptors (Lipinski definition) is 3. The summed E-state index contributed by atoms with van der Waals surface area (Å²) in [5.74, 6) is 0. The van der Waals surface area contributed by atoms with Crippen LogP contribution in [0.5, 0.6) is 0 Å². The fourth-order valence-corrected chi connectivity index (χ4v) is 1.85. The topological polar surface area (TPSA) is 38.9 Å². The van der Waals surface area contributed by atoms with Crippen LogP contribution in [0, 0.1) is 0 Å². The first-order chi connectivity index (χ1) is 5.77. The largest absolute Gasteiger partial charge is 0.324 e. The number of aromatic nitrogens is 1. The van der Waals surface area contributed by atoms with Crippen molar-refractivity contribution >= 4 is 21.6 Å². The summed E-state index contributed by atoms with van der Waals surface area (Å²) in [5.41, 5.74) is 6.83. The molecule has 0 amide bonds. The van der Waals surface area contributed by atoms with E-state index < -0.39 is 0 Å². The molecule has 0 aliphatic rings. The number of thiophene rings is 1. The normalized spacial score (nSPS) is 13.5. The summed E-state index contributed by atoms with van der Waals surface area (Å²) in [6, 6.07) is 4.24. The maximum absolute atomic E-state index is 5.74. The van der Waals surface area contributed by atoms with Crippen LogP contribution in [-0.2, 0) is 0 Å². The monoisotopic (exact) mass is 178 g/mol. The van der Waals surface area contributed by atoms with Crippen molar-refractivity contribution in [3.8, 4) is 0 Å². The molecule has 0 aromatic carbocycles. The lowest BCUT2D eigenvalue weighted by Crippen LogP contribution is -2.04. The van der Waals surface area contributed by atoms with E-state index in [0.29, 0.717) is 0 Å². The van der Waals surface area contributed by atoms with Gasteiger partial charge in [0.15, 0.2) is 0 Å². The average molecular weight is 178 g/mol. The van der Waals surface area contributed by atoms with Gasteiger partial charge in [-0.05, 0) is 30.0 Å². The highest BCUT2D eigenvalue weighted by molar-refractivity contribution is 7.16. The lowest BCUT2D eigenvalue weighted by Gasteiger charge is -2.03. The summed E-state index contributed by atoms with van der Waals surface area (Å²) in [4.78, 5) is 5.38. The van der Waals surface area contributed by atoms with E-state index in [1.165, 1.54) is 5.39 Å². The molecule has 2 rings (SSSR count). The highest BCUT2D eigenvalue weighted by Gasteiger charge is 2.01. The summed E-state index contributed by atoms with van der Waals surface area (Å²) >= 11 is 1.66. The molecule has 3 heteroatoms. The Hall–Kier alpha value is -0.930. The molecular weight excluding hydrogens is 168 g/mol. The number of pyridine rings is 1. The fraction of sp³-hybridized carbons (Fsp3) is 0.222. The second-order valence-electron chi connectivity index (χ2n) is 2.87. The molecule has 2 nitrogen and oxygen atoms in total. The molecule has 2 aromatic heterocycles. The Morgan fingerprint density at radius 1 is 1.58 bits per heavy atom. The zero-order chi connectivity index (χ0) is 8.55. The van der Waals surface area contributed by atoms with Crippen molar-refractivity contribution in [2.24, 2.45) is 5.73 Å². The van der Waals surface area contributed by atoms with Crippen molar-refractivity contribution in [1.29, 1.82) is 0 Å². The summed E-state index contributed by atoms with van der Waals surface area (Å²) in [5, 5.41) is 3.23. The molecule has 12 heavy (non-hydrogen) atoms. The Bertz CT molecular complexity index is 392. The first-order valence-electron chi connectivity index (χ1n) is 3.86. The van der Waals surface area contributed by atoms with Gasteiger partial charge in [0, 0.05) is 17.6 Å². The Labute approximate surface area is 75.0 Å².